The SMILES string of the molecule is CC(N)C(c1ccc(Cl)cc1)N(C)Cc1nccn1C. The van der Waals surface area contributed by atoms with Crippen LogP contribution in [0.2, 0.25) is 5.02 Å². The molecule has 0 amide bonds. The molecule has 0 saturated carbocycles. The summed E-state index contributed by atoms with van der Waals surface area (Å²) in [6, 6.07) is 8.02. The lowest BCUT2D eigenvalue weighted by Crippen LogP contribution is -2.37. The van der Waals surface area contributed by atoms with Gasteiger partial charge in [0.2, 0.25) is 0 Å². The van der Waals surface area contributed by atoms with Gasteiger partial charge in [-0.1, -0.05) is 23.7 Å². The average molecular weight is 293 g/mol. The van der Waals surface area contributed by atoms with E-state index in [0.29, 0.717) is 0 Å². The van der Waals surface area contributed by atoms with Crippen LogP contribution >= 0.6 is 11.6 Å². The number of halogens is 1. The fraction of sp³-hybridized carbons (Fsp3) is 0.400. The van der Waals surface area contributed by atoms with Gasteiger partial charge in [-0.3, -0.25) is 4.90 Å². The van der Waals surface area contributed by atoms with Crippen LogP contribution in [0.15, 0.2) is 36.7 Å². The smallest absolute Gasteiger partial charge is 0.122 e. The van der Waals surface area contributed by atoms with Crippen molar-refractivity contribution in [3.05, 3.63) is 53.1 Å². The molecule has 108 valence electrons. The number of aryl methyl sites for hydroxylation is 1. The lowest BCUT2D eigenvalue weighted by molar-refractivity contribution is 0.204. The molecule has 5 heteroatoms. The summed E-state index contributed by atoms with van der Waals surface area (Å²) in [5.41, 5.74) is 7.34. The van der Waals surface area contributed by atoms with Crippen LogP contribution in [0.1, 0.15) is 24.4 Å². The van der Waals surface area contributed by atoms with Gasteiger partial charge < -0.3 is 10.3 Å². The summed E-state index contributed by atoms with van der Waals surface area (Å²) >= 11 is 5.95. The zero-order valence-corrected chi connectivity index (χ0v) is 12.9. The minimum atomic E-state index is 0.0152. The standard InChI is InChI=1S/C15H21ClN4/c1-11(17)15(12-4-6-13(16)7-5-12)20(3)10-14-18-8-9-19(14)2/h4-9,11,15H,10,17H2,1-3H3. The van der Waals surface area contributed by atoms with Gasteiger partial charge in [0.25, 0.3) is 0 Å². The molecule has 1 aromatic heterocycles. The Morgan fingerprint density at radius 3 is 2.50 bits per heavy atom. The second kappa shape index (κ2) is 6.39. The third kappa shape index (κ3) is 3.39. The lowest BCUT2D eigenvalue weighted by atomic mass is 9.99. The molecule has 0 aliphatic heterocycles. The first-order chi connectivity index (χ1) is 9.49. The maximum Gasteiger partial charge on any atom is 0.122 e. The van der Waals surface area contributed by atoms with E-state index in [1.807, 2.05) is 55.2 Å². The van der Waals surface area contributed by atoms with E-state index in [1.165, 1.54) is 5.56 Å². The predicted octanol–water partition coefficient (Wildman–Crippen LogP) is 2.59. The highest BCUT2D eigenvalue weighted by Crippen LogP contribution is 2.25. The van der Waals surface area contributed by atoms with Crippen LogP contribution < -0.4 is 5.73 Å². The van der Waals surface area contributed by atoms with Crippen LogP contribution in [0.4, 0.5) is 0 Å². The van der Waals surface area contributed by atoms with Crippen molar-refractivity contribution >= 4 is 11.6 Å². The van der Waals surface area contributed by atoms with Gasteiger partial charge in [0.1, 0.15) is 5.82 Å². The van der Waals surface area contributed by atoms with Crippen molar-refractivity contribution in [2.75, 3.05) is 7.05 Å². The van der Waals surface area contributed by atoms with Crippen molar-refractivity contribution in [1.29, 1.82) is 0 Å². The summed E-state index contributed by atoms with van der Waals surface area (Å²) in [4.78, 5) is 6.58. The van der Waals surface area contributed by atoms with Crippen LogP contribution in [-0.2, 0) is 13.6 Å². The first-order valence-corrected chi connectivity index (χ1v) is 7.04. The van der Waals surface area contributed by atoms with Crippen LogP contribution in [0.3, 0.4) is 0 Å². The average Bonchev–Trinajstić information content (AvgIpc) is 2.77. The first kappa shape index (κ1) is 15.0. The maximum absolute atomic E-state index is 6.17. The summed E-state index contributed by atoms with van der Waals surface area (Å²) < 4.78 is 2.02. The fourth-order valence-electron chi connectivity index (χ4n) is 2.49. The van der Waals surface area contributed by atoms with Gasteiger partial charge in [-0.15, -0.1) is 0 Å². The minimum absolute atomic E-state index is 0.0152. The Bertz CT molecular complexity index is 547. The molecule has 0 spiro atoms. The molecule has 4 nitrogen and oxygen atoms in total. The molecule has 0 bridgehead atoms. The second-order valence-corrected chi connectivity index (χ2v) is 5.66. The first-order valence-electron chi connectivity index (χ1n) is 6.66. The van der Waals surface area contributed by atoms with E-state index in [-0.39, 0.29) is 12.1 Å². The van der Waals surface area contributed by atoms with Gasteiger partial charge in [-0.25, -0.2) is 4.98 Å². The van der Waals surface area contributed by atoms with Crippen LogP contribution in [-0.4, -0.2) is 27.5 Å². The largest absolute Gasteiger partial charge is 0.337 e. The number of nitrogens with two attached hydrogens (primary N) is 1. The summed E-state index contributed by atoms with van der Waals surface area (Å²) in [5, 5.41) is 0.740. The lowest BCUT2D eigenvalue weighted by Gasteiger charge is -2.31. The number of benzene rings is 1. The molecule has 0 saturated heterocycles. The highest BCUT2D eigenvalue weighted by Gasteiger charge is 2.22. The van der Waals surface area contributed by atoms with E-state index < -0.39 is 0 Å². The molecule has 20 heavy (non-hydrogen) atoms. The molecule has 0 radical (unpaired) electrons. The van der Waals surface area contributed by atoms with Crippen LogP contribution in [0.25, 0.3) is 0 Å². The molecular formula is C15H21ClN4. The summed E-state index contributed by atoms with van der Waals surface area (Å²) in [5.74, 6) is 1.02. The van der Waals surface area contributed by atoms with E-state index in [9.17, 15) is 0 Å². The van der Waals surface area contributed by atoms with Gasteiger partial charge in [0.05, 0.1) is 6.54 Å². The maximum atomic E-state index is 6.17. The molecule has 2 atom stereocenters. The monoisotopic (exact) mass is 292 g/mol. The highest BCUT2D eigenvalue weighted by molar-refractivity contribution is 6.30. The molecule has 2 rings (SSSR count). The number of nitrogens with zero attached hydrogens (tertiary/aromatic N) is 3. The molecule has 0 aliphatic rings. The Morgan fingerprint density at radius 2 is 2.00 bits per heavy atom. The number of hydrogen-bond acceptors (Lipinski definition) is 3. The van der Waals surface area contributed by atoms with Crippen molar-refractivity contribution in [3.63, 3.8) is 0 Å². The Labute approximate surface area is 125 Å². The normalized spacial score (nSPS) is 14.5. The molecule has 1 heterocycles. The molecule has 2 N–H and O–H groups in total. The molecule has 0 aliphatic carbocycles. The van der Waals surface area contributed by atoms with Crippen LogP contribution in [0, 0.1) is 0 Å². The van der Waals surface area contributed by atoms with E-state index in [2.05, 4.69) is 16.9 Å². The van der Waals surface area contributed by atoms with E-state index in [4.69, 9.17) is 17.3 Å². The Morgan fingerprint density at radius 1 is 1.35 bits per heavy atom. The zero-order valence-electron chi connectivity index (χ0n) is 12.1. The molecule has 0 fully saturated rings. The third-order valence-electron chi connectivity index (χ3n) is 3.50. The number of imidazole rings is 1. The van der Waals surface area contributed by atoms with Crippen molar-refractivity contribution in [3.8, 4) is 0 Å². The van der Waals surface area contributed by atoms with Crippen molar-refractivity contribution < 1.29 is 0 Å². The zero-order chi connectivity index (χ0) is 14.7. The number of likely N-dealkylation sites (N-methyl/N-ethyl adjacent to an activating group) is 1. The number of hydrogen-bond donors (Lipinski definition) is 1. The van der Waals surface area contributed by atoms with Gasteiger partial charge in [0.15, 0.2) is 0 Å². The fourth-order valence-corrected chi connectivity index (χ4v) is 2.62. The van der Waals surface area contributed by atoms with Crippen molar-refractivity contribution in [1.82, 2.24) is 14.5 Å². The quantitative estimate of drug-likeness (QED) is 0.921. The van der Waals surface area contributed by atoms with Gasteiger partial charge >= 0.3 is 0 Å². The second-order valence-electron chi connectivity index (χ2n) is 5.22. The van der Waals surface area contributed by atoms with Gasteiger partial charge in [0, 0.05) is 36.5 Å². The molecular weight excluding hydrogens is 272 g/mol. The number of rotatable bonds is 5. The van der Waals surface area contributed by atoms with E-state index in [1.54, 1.807) is 0 Å². The minimum Gasteiger partial charge on any atom is -0.337 e. The third-order valence-corrected chi connectivity index (χ3v) is 3.75. The summed E-state index contributed by atoms with van der Waals surface area (Å²) in [7, 11) is 4.07. The molecule has 2 aromatic rings. The van der Waals surface area contributed by atoms with Gasteiger partial charge in [-0.2, -0.15) is 0 Å². The molecule has 2 unspecified atom stereocenters. The summed E-state index contributed by atoms with van der Waals surface area (Å²) in [6.07, 6.45) is 3.76. The predicted molar refractivity (Wildman–Crippen MR) is 82.5 cm³/mol. The Kier molecular flexibility index (Phi) is 4.81. The highest BCUT2D eigenvalue weighted by atomic mass is 35.5. The van der Waals surface area contributed by atoms with Crippen molar-refractivity contribution in [2.45, 2.75) is 25.6 Å². The Hall–Kier alpha value is -1.36. The topological polar surface area (TPSA) is 47.1 Å². The van der Waals surface area contributed by atoms with Crippen LogP contribution in [0.5, 0.6) is 0 Å². The van der Waals surface area contributed by atoms with Gasteiger partial charge in [-0.05, 0) is 31.7 Å². The van der Waals surface area contributed by atoms with E-state index >= 15 is 0 Å². The Balaban J connectivity index is 2.20. The summed E-state index contributed by atoms with van der Waals surface area (Å²) in [6.45, 7) is 2.77. The van der Waals surface area contributed by atoms with Crippen molar-refractivity contribution in [2.24, 2.45) is 12.8 Å². The van der Waals surface area contributed by atoms with E-state index in [0.717, 1.165) is 17.4 Å². The molecule has 1 aromatic carbocycles. The number of aromatic nitrogens is 2.